The van der Waals surface area contributed by atoms with Crippen molar-refractivity contribution >= 4 is 11.5 Å². The number of hydrogen-bond acceptors (Lipinski definition) is 4. The van der Waals surface area contributed by atoms with Gasteiger partial charge in [0.2, 0.25) is 0 Å². The highest BCUT2D eigenvalue weighted by atomic mass is 16.5. The van der Waals surface area contributed by atoms with Gasteiger partial charge in [-0.15, -0.1) is 0 Å². The van der Waals surface area contributed by atoms with Crippen LogP contribution in [0, 0.1) is 6.92 Å². The molecule has 4 heteroatoms. The van der Waals surface area contributed by atoms with Crippen LogP contribution in [0.15, 0.2) is 49.3 Å². The van der Waals surface area contributed by atoms with E-state index in [1.54, 1.807) is 6.08 Å². The lowest BCUT2D eigenvalue weighted by atomic mass is 10.3. The van der Waals surface area contributed by atoms with Crippen LogP contribution in [0.2, 0.25) is 0 Å². The molecular weight excluding hydrogens is 226 g/mol. The Morgan fingerprint density at radius 2 is 2.22 bits per heavy atom. The average Bonchev–Trinajstić information content (AvgIpc) is 2.37. The van der Waals surface area contributed by atoms with Crippen molar-refractivity contribution in [3.05, 3.63) is 55.0 Å². The summed E-state index contributed by atoms with van der Waals surface area (Å²) < 4.78 is 5.47. The number of aromatic nitrogens is 2. The van der Waals surface area contributed by atoms with Gasteiger partial charge in [0.25, 0.3) is 0 Å². The van der Waals surface area contributed by atoms with Crippen molar-refractivity contribution in [1.82, 2.24) is 9.97 Å². The molecule has 0 saturated heterocycles. The van der Waals surface area contributed by atoms with E-state index in [-0.39, 0.29) is 0 Å². The summed E-state index contributed by atoms with van der Waals surface area (Å²) in [7, 11) is 0. The van der Waals surface area contributed by atoms with E-state index in [1.165, 1.54) is 6.33 Å². The molecule has 4 nitrogen and oxygen atoms in total. The Morgan fingerprint density at radius 3 is 3.00 bits per heavy atom. The molecule has 1 N–H and O–H groups in total. The van der Waals surface area contributed by atoms with Crippen molar-refractivity contribution in [1.29, 1.82) is 0 Å². The third-order valence-corrected chi connectivity index (χ3v) is 2.28. The maximum Gasteiger partial charge on any atom is 0.133 e. The molecule has 1 aromatic heterocycles. The van der Waals surface area contributed by atoms with Crippen LogP contribution in [0.25, 0.3) is 0 Å². The first-order valence-electron chi connectivity index (χ1n) is 5.67. The Hall–Kier alpha value is -2.36. The van der Waals surface area contributed by atoms with Gasteiger partial charge in [-0.3, -0.25) is 0 Å². The molecule has 0 radical (unpaired) electrons. The Bertz CT molecular complexity index is 540. The Morgan fingerprint density at radius 1 is 1.33 bits per heavy atom. The Balaban J connectivity index is 2.11. The van der Waals surface area contributed by atoms with Gasteiger partial charge in [-0.1, -0.05) is 18.7 Å². The standard InChI is InChI=1S/C14H15N3O/c1-3-7-18-13-6-4-5-12(9-13)17-14-8-11(2)15-10-16-14/h3-6,8-10H,1,7H2,2H3,(H,15,16,17). The first-order chi connectivity index (χ1) is 8.78. The van der Waals surface area contributed by atoms with Gasteiger partial charge in [0.1, 0.15) is 24.5 Å². The summed E-state index contributed by atoms with van der Waals surface area (Å²) in [6, 6.07) is 9.59. The van der Waals surface area contributed by atoms with E-state index in [0.29, 0.717) is 6.61 Å². The molecule has 1 aromatic carbocycles. The number of rotatable bonds is 5. The van der Waals surface area contributed by atoms with Crippen LogP contribution in [0.3, 0.4) is 0 Å². The minimum Gasteiger partial charge on any atom is -0.489 e. The normalized spacial score (nSPS) is 9.83. The van der Waals surface area contributed by atoms with Gasteiger partial charge in [0, 0.05) is 23.5 Å². The molecular formula is C14H15N3O. The van der Waals surface area contributed by atoms with E-state index in [4.69, 9.17) is 4.74 Å². The molecule has 0 saturated carbocycles. The van der Waals surface area contributed by atoms with Crippen LogP contribution < -0.4 is 10.1 Å². The van der Waals surface area contributed by atoms with Crippen LogP contribution in [-0.4, -0.2) is 16.6 Å². The van der Waals surface area contributed by atoms with Crippen LogP contribution >= 0.6 is 0 Å². The highest BCUT2D eigenvalue weighted by molar-refractivity contribution is 5.58. The highest BCUT2D eigenvalue weighted by Crippen LogP contribution is 2.20. The van der Waals surface area contributed by atoms with Crippen molar-refractivity contribution < 1.29 is 4.74 Å². The molecule has 2 aromatic rings. The number of nitrogens with zero attached hydrogens (tertiary/aromatic N) is 2. The molecule has 0 fully saturated rings. The molecule has 0 amide bonds. The van der Waals surface area contributed by atoms with Crippen LogP contribution in [0.5, 0.6) is 5.75 Å². The summed E-state index contributed by atoms with van der Waals surface area (Å²) in [4.78, 5) is 8.20. The average molecular weight is 241 g/mol. The summed E-state index contributed by atoms with van der Waals surface area (Å²) in [6.07, 6.45) is 3.25. The molecule has 0 spiro atoms. The lowest BCUT2D eigenvalue weighted by Crippen LogP contribution is -1.97. The molecule has 0 aliphatic rings. The lowest BCUT2D eigenvalue weighted by Gasteiger charge is -2.08. The minimum atomic E-state index is 0.496. The first-order valence-corrected chi connectivity index (χ1v) is 5.67. The zero-order valence-electron chi connectivity index (χ0n) is 10.3. The monoisotopic (exact) mass is 241 g/mol. The molecule has 0 atom stereocenters. The van der Waals surface area contributed by atoms with Gasteiger partial charge >= 0.3 is 0 Å². The SMILES string of the molecule is C=CCOc1cccc(Nc2cc(C)ncn2)c1. The minimum absolute atomic E-state index is 0.496. The summed E-state index contributed by atoms with van der Waals surface area (Å²) in [6.45, 7) is 6.04. The summed E-state index contributed by atoms with van der Waals surface area (Å²) in [5, 5.41) is 3.20. The zero-order valence-corrected chi connectivity index (χ0v) is 10.3. The topological polar surface area (TPSA) is 47.0 Å². The van der Waals surface area contributed by atoms with E-state index in [9.17, 15) is 0 Å². The molecule has 92 valence electrons. The highest BCUT2D eigenvalue weighted by Gasteiger charge is 1.99. The van der Waals surface area contributed by atoms with E-state index < -0.39 is 0 Å². The van der Waals surface area contributed by atoms with E-state index >= 15 is 0 Å². The second-order valence-corrected chi connectivity index (χ2v) is 3.80. The van der Waals surface area contributed by atoms with Crippen molar-refractivity contribution in [3.8, 4) is 5.75 Å². The third kappa shape index (κ3) is 3.31. The molecule has 1 heterocycles. The van der Waals surface area contributed by atoms with Gasteiger partial charge in [-0.05, 0) is 19.1 Å². The second-order valence-electron chi connectivity index (χ2n) is 3.80. The van der Waals surface area contributed by atoms with Gasteiger partial charge in [0.05, 0.1) is 0 Å². The first kappa shape index (κ1) is 12.1. The van der Waals surface area contributed by atoms with Crippen LogP contribution in [-0.2, 0) is 0 Å². The van der Waals surface area contributed by atoms with E-state index in [0.717, 1.165) is 22.9 Å². The maximum absolute atomic E-state index is 5.47. The molecule has 0 aliphatic carbocycles. The van der Waals surface area contributed by atoms with E-state index in [2.05, 4.69) is 21.9 Å². The fourth-order valence-corrected chi connectivity index (χ4v) is 1.49. The summed E-state index contributed by atoms with van der Waals surface area (Å²) in [5.41, 5.74) is 1.85. The molecule has 2 rings (SSSR count). The maximum atomic E-state index is 5.47. The number of benzene rings is 1. The quantitative estimate of drug-likeness (QED) is 0.817. The third-order valence-electron chi connectivity index (χ3n) is 2.28. The van der Waals surface area contributed by atoms with Crippen LogP contribution in [0.1, 0.15) is 5.69 Å². The van der Waals surface area contributed by atoms with Crippen molar-refractivity contribution in [3.63, 3.8) is 0 Å². The number of aryl methyl sites for hydroxylation is 1. The number of hydrogen-bond donors (Lipinski definition) is 1. The molecule has 18 heavy (non-hydrogen) atoms. The molecule has 0 bridgehead atoms. The molecule has 0 unspecified atom stereocenters. The predicted molar refractivity (Wildman–Crippen MR) is 72.2 cm³/mol. The number of nitrogens with one attached hydrogen (secondary N) is 1. The Kier molecular flexibility index (Phi) is 3.91. The van der Waals surface area contributed by atoms with Gasteiger partial charge < -0.3 is 10.1 Å². The zero-order chi connectivity index (χ0) is 12.8. The number of anilines is 2. The predicted octanol–water partition coefficient (Wildman–Crippen LogP) is 3.09. The summed E-state index contributed by atoms with van der Waals surface area (Å²) in [5.74, 6) is 1.56. The Labute approximate surface area is 106 Å². The van der Waals surface area contributed by atoms with Crippen LogP contribution in [0.4, 0.5) is 11.5 Å². The fraction of sp³-hybridized carbons (Fsp3) is 0.143. The van der Waals surface area contributed by atoms with Gasteiger partial charge in [0.15, 0.2) is 0 Å². The second kappa shape index (κ2) is 5.82. The van der Waals surface area contributed by atoms with Gasteiger partial charge in [-0.25, -0.2) is 9.97 Å². The molecule has 0 aliphatic heterocycles. The van der Waals surface area contributed by atoms with Crippen molar-refractivity contribution in [2.45, 2.75) is 6.92 Å². The fourth-order valence-electron chi connectivity index (χ4n) is 1.49. The van der Waals surface area contributed by atoms with Gasteiger partial charge in [-0.2, -0.15) is 0 Å². The largest absolute Gasteiger partial charge is 0.489 e. The van der Waals surface area contributed by atoms with Crippen molar-refractivity contribution in [2.24, 2.45) is 0 Å². The smallest absolute Gasteiger partial charge is 0.133 e. The summed E-state index contributed by atoms with van der Waals surface area (Å²) >= 11 is 0. The number of ether oxygens (including phenoxy) is 1. The lowest BCUT2D eigenvalue weighted by molar-refractivity contribution is 0.363. The van der Waals surface area contributed by atoms with E-state index in [1.807, 2.05) is 37.3 Å². The van der Waals surface area contributed by atoms with Crippen molar-refractivity contribution in [2.75, 3.05) is 11.9 Å².